The number of para-hydroxylation sites is 1. The second kappa shape index (κ2) is 3.65. The molecule has 3 aromatic rings. The van der Waals surface area contributed by atoms with Gasteiger partial charge in [0.05, 0.1) is 16.4 Å². The highest BCUT2D eigenvalue weighted by Crippen LogP contribution is 2.40. The Hall–Kier alpha value is -2.69. The Labute approximate surface area is 107 Å². The first-order valence-electron chi connectivity index (χ1n) is 5.67. The molecule has 1 heterocycles. The number of phenolic OH excluding ortho intramolecular Hbond substituents is 3. The zero-order valence-corrected chi connectivity index (χ0v) is 10.1. The van der Waals surface area contributed by atoms with Gasteiger partial charge in [-0.1, -0.05) is 12.1 Å². The van der Waals surface area contributed by atoms with Gasteiger partial charge in [-0.15, -0.1) is 0 Å². The number of benzene rings is 2. The molecular weight excluding hydrogens is 246 g/mol. The lowest BCUT2D eigenvalue weighted by molar-refractivity contribution is 0.371. The molecule has 0 aliphatic heterocycles. The molecule has 5 heteroatoms. The van der Waals surface area contributed by atoms with Crippen molar-refractivity contribution >= 4 is 21.8 Å². The van der Waals surface area contributed by atoms with E-state index in [0.717, 1.165) is 0 Å². The summed E-state index contributed by atoms with van der Waals surface area (Å²) in [4.78, 5) is 12.4. The first-order chi connectivity index (χ1) is 9.02. The second-order valence-electron chi connectivity index (χ2n) is 4.39. The number of hydrogen-bond donors (Lipinski definition) is 3. The van der Waals surface area contributed by atoms with Crippen molar-refractivity contribution in [3.63, 3.8) is 0 Å². The molecule has 0 spiro atoms. The Bertz CT molecular complexity index is 880. The minimum Gasteiger partial charge on any atom is -0.504 e. The first kappa shape index (κ1) is 11.4. The molecule has 1 aromatic heterocycles. The molecule has 0 fully saturated rings. The zero-order chi connectivity index (χ0) is 13.7. The van der Waals surface area contributed by atoms with Crippen LogP contribution in [-0.4, -0.2) is 19.9 Å². The molecule has 96 valence electrons. The number of aromatic hydroxyl groups is 3. The number of pyridine rings is 1. The Morgan fingerprint density at radius 1 is 1.00 bits per heavy atom. The Morgan fingerprint density at radius 3 is 2.42 bits per heavy atom. The third-order valence-corrected chi connectivity index (χ3v) is 3.33. The summed E-state index contributed by atoms with van der Waals surface area (Å²) in [6.45, 7) is 0. The topological polar surface area (TPSA) is 82.7 Å². The third-order valence-electron chi connectivity index (χ3n) is 3.33. The molecule has 3 N–H and O–H groups in total. The lowest BCUT2D eigenvalue weighted by Crippen LogP contribution is -2.09. The van der Waals surface area contributed by atoms with E-state index in [1.165, 1.54) is 6.07 Å². The summed E-state index contributed by atoms with van der Waals surface area (Å²) in [7, 11) is 1.72. The van der Waals surface area contributed by atoms with Crippen LogP contribution in [0.3, 0.4) is 0 Å². The van der Waals surface area contributed by atoms with Gasteiger partial charge in [0.2, 0.25) is 11.2 Å². The third kappa shape index (κ3) is 1.38. The van der Waals surface area contributed by atoms with Crippen molar-refractivity contribution in [3.05, 3.63) is 40.6 Å². The number of aryl methyl sites for hydroxylation is 1. The lowest BCUT2D eigenvalue weighted by atomic mass is 10.1. The average Bonchev–Trinajstić information content (AvgIpc) is 2.42. The molecule has 3 rings (SSSR count). The fraction of sp³-hybridized carbons (Fsp3) is 0.0714. The Kier molecular flexibility index (Phi) is 2.19. The van der Waals surface area contributed by atoms with E-state index in [-0.39, 0.29) is 10.8 Å². The summed E-state index contributed by atoms with van der Waals surface area (Å²) in [5.41, 5.74) is 0.664. The van der Waals surface area contributed by atoms with Crippen molar-refractivity contribution in [2.24, 2.45) is 7.05 Å². The van der Waals surface area contributed by atoms with Crippen molar-refractivity contribution in [1.29, 1.82) is 0 Å². The summed E-state index contributed by atoms with van der Waals surface area (Å²) in [5.74, 6) is -1.74. The van der Waals surface area contributed by atoms with Crippen molar-refractivity contribution in [3.8, 4) is 17.2 Å². The van der Waals surface area contributed by atoms with Gasteiger partial charge in [0, 0.05) is 18.5 Å². The van der Waals surface area contributed by atoms with Crippen LogP contribution in [0.15, 0.2) is 35.1 Å². The summed E-state index contributed by atoms with van der Waals surface area (Å²) in [5, 5.41) is 29.4. The van der Waals surface area contributed by atoms with Gasteiger partial charge < -0.3 is 19.9 Å². The molecule has 2 aromatic carbocycles. The van der Waals surface area contributed by atoms with Crippen LogP contribution in [0.5, 0.6) is 17.2 Å². The van der Waals surface area contributed by atoms with Crippen LogP contribution in [0.25, 0.3) is 21.8 Å². The predicted octanol–water partition coefficient (Wildman–Crippen LogP) is 1.81. The van der Waals surface area contributed by atoms with Gasteiger partial charge in [0.15, 0.2) is 11.5 Å². The summed E-state index contributed by atoms with van der Waals surface area (Å²) in [6.07, 6.45) is 0. The molecule has 19 heavy (non-hydrogen) atoms. The highest BCUT2D eigenvalue weighted by atomic mass is 16.3. The maximum Gasteiger partial charge on any atom is 0.201 e. The number of rotatable bonds is 0. The average molecular weight is 257 g/mol. The number of phenols is 3. The molecule has 0 saturated heterocycles. The maximum absolute atomic E-state index is 12.4. The molecule has 0 radical (unpaired) electrons. The molecule has 0 unspecified atom stereocenters. The van der Waals surface area contributed by atoms with Crippen LogP contribution in [0, 0.1) is 0 Å². The van der Waals surface area contributed by atoms with E-state index in [2.05, 4.69) is 0 Å². The van der Waals surface area contributed by atoms with E-state index >= 15 is 0 Å². The SMILES string of the molecule is Cn1c2ccccc2c(=O)c2c(O)c(O)c(O)cc21. The van der Waals surface area contributed by atoms with Crippen molar-refractivity contribution < 1.29 is 15.3 Å². The van der Waals surface area contributed by atoms with Crippen LogP contribution in [-0.2, 0) is 7.05 Å². The fourth-order valence-corrected chi connectivity index (χ4v) is 2.34. The standard InChI is InChI=1S/C14H11NO4/c1-15-8-5-3-2-4-7(8)12(17)11-9(15)6-10(16)13(18)14(11)19/h2-6,16,18-19H,1H3. The van der Waals surface area contributed by atoms with Gasteiger partial charge in [-0.05, 0) is 12.1 Å². The number of hydrogen-bond acceptors (Lipinski definition) is 4. The normalized spacial score (nSPS) is 11.2. The van der Waals surface area contributed by atoms with Gasteiger partial charge in [-0.3, -0.25) is 4.79 Å². The quantitative estimate of drug-likeness (QED) is 0.423. The molecule has 0 amide bonds. The Morgan fingerprint density at radius 2 is 1.68 bits per heavy atom. The van der Waals surface area contributed by atoms with Crippen molar-refractivity contribution in [2.45, 2.75) is 0 Å². The van der Waals surface area contributed by atoms with Crippen LogP contribution >= 0.6 is 0 Å². The first-order valence-corrected chi connectivity index (χ1v) is 5.67. The maximum atomic E-state index is 12.4. The number of nitrogens with zero attached hydrogens (tertiary/aromatic N) is 1. The van der Waals surface area contributed by atoms with E-state index in [1.807, 2.05) is 0 Å². The van der Waals surface area contributed by atoms with Crippen LogP contribution in [0.2, 0.25) is 0 Å². The van der Waals surface area contributed by atoms with Gasteiger partial charge in [0.25, 0.3) is 0 Å². The van der Waals surface area contributed by atoms with E-state index in [9.17, 15) is 20.1 Å². The van der Waals surface area contributed by atoms with Crippen molar-refractivity contribution in [1.82, 2.24) is 4.57 Å². The summed E-state index contributed by atoms with van der Waals surface area (Å²) < 4.78 is 1.69. The van der Waals surface area contributed by atoms with Crippen molar-refractivity contribution in [2.75, 3.05) is 0 Å². The fourth-order valence-electron chi connectivity index (χ4n) is 2.34. The molecular formula is C14H11NO4. The molecule has 0 saturated carbocycles. The van der Waals surface area contributed by atoms with Gasteiger partial charge in [-0.2, -0.15) is 0 Å². The second-order valence-corrected chi connectivity index (χ2v) is 4.39. The van der Waals surface area contributed by atoms with E-state index in [0.29, 0.717) is 16.4 Å². The Balaban J connectivity index is 2.73. The minimum absolute atomic E-state index is 0.00324. The highest BCUT2D eigenvalue weighted by molar-refractivity contribution is 5.98. The minimum atomic E-state index is -0.681. The summed E-state index contributed by atoms with van der Waals surface area (Å²) >= 11 is 0. The highest BCUT2D eigenvalue weighted by Gasteiger charge is 2.17. The van der Waals surface area contributed by atoms with Gasteiger partial charge in [0.1, 0.15) is 0 Å². The molecule has 0 aliphatic carbocycles. The molecule has 0 atom stereocenters. The zero-order valence-electron chi connectivity index (χ0n) is 10.1. The predicted molar refractivity (Wildman–Crippen MR) is 71.7 cm³/mol. The summed E-state index contributed by atoms with van der Waals surface area (Å²) in [6, 6.07) is 8.22. The molecule has 5 nitrogen and oxygen atoms in total. The van der Waals surface area contributed by atoms with Crippen LogP contribution in [0.1, 0.15) is 0 Å². The van der Waals surface area contributed by atoms with E-state index in [1.54, 1.807) is 35.9 Å². The van der Waals surface area contributed by atoms with Gasteiger partial charge >= 0.3 is 0 Å². The largest absolute Gasteiger partial charge is 0.504 e. The van der Waals surface area contributed by atoms with Crippen LogP contribution in [0.4, 0.5) is 0 Å². The number of fused-ring (bicyclic) bond motifs is 2. The number of aromatic nitrogens is 1. The van der Waals surface area contributed by atoms with E-state index < -0.39 is 17.2 Å². The smallest absolute Gasteiger partial charge is 0.201 e. The molecule has 0 bridgehead atoms. The lowest BCUT2D eigenvalue weighted by Gasteiger charge is -2.12. The van der Waals surface area contributed by atoms with E-state index in [4.69, 9.17) is 0 Å². The molecule has 0 aliphatic rings. The van der Waals surface area contributed by atoms with Gasteiger partial charge in [-0.25, -0.2) is 0 Å². The monoisotopic (exact) mass is 257 g/mol. The van der Waals surface area contributed by atoms with Crippen LogP contribution < -0.4 is 5.43 Å².